The zero-order valence-corrected chi connectivity index (χ0v) is 11.0. The van der Waals surface area contributed by atoms with Crippen molar-refractivity contribution < 1.29 is 31.4 Å². The average Bonchev–Trinajstić information content (AvgIpc) is 2.45. The van der Waals surface area contributed by atoms with E-state index in [4.69, 9.17) is 5.11 Å². The molecule has 0 aliphatic heterocycles. The number of halogens is 6. The second-order valence-corrected chi connectivity index (χ2v) is 4.58. The van der Waals surface area contributed by atoms with Crippen LogP contribution in [0.1, 0.15) is 16.7 Å². The Balaban J connectivity index is 2.74. The van der Waals surface area contributed by atoms with Gasteiger partial charge in [0.2, 0.25) is 0 Å². The fourth-order valence-electron chi connectivity index (χ4n) is 2.12. The van der Waals surface area contributed by atoms with E-state index < -0.39 is 41.2 Å². The molecule has 2 aromatic carbocycles. The van der Waals surface area contributed by atoms with Gasteiger partial charge in [0, 0.05) is 0 Å². The fourth-order valence-corrected chi connectivity index (χ4v) is 2.12. The lowest BCUT2D eigenvalue weighted by atomic mass is 9.93. The molecule has 7 heteroatoms. The highest BCUT2D eigenvalue weighted by molar-refractivity contribution is 5.72. The van der Waals surface area contributed by atoms with Crippen LogP contribution in [0.4, 0.5) is 26.3 Å². The van der Waals surface area contributed by atoms with Gasteiger partial charge < -0.3 is 5.11 Å². The van der Waals surface area contributed by atoms with E-state index in [-0.39, 0.29) is 5.56 Å². The van der Waals surface area contributed by atoms with Gasteiger partial charge in [-0.3, -0.25) is 0 Å². The van der Waals surface area contributed by atoms with Crippen molar-refractivity contribution in [3.63, 3.8) is 0 Å². The Hall–Kier alpha value is -2.02. The van der Waals surface area contributed by atoms with E-state index in [0.717, 1.165) is 30.3 Å². The van der Waals surface area contributed by atoms with Gasteiger partial charge in [-0.2, -0.15) is 26.3 Å². The van der Waals surface area contributed by atoms with Crippen molar-refractivity contribution in [3.05, 3.63) is 59.2 Å². The van der Waals surface area contributed by atoms with Crippen LogP contribution >= 0.6 is 0 Å². The maximum absolute atomic E-state index is 13.1. The van der Waals surface area contributed by atoms with Gasteiger partial charge in [-0.1, -0.05) is 30.3 Å². The summed E-state index contributed by atoms with van der Waals surface area (Å²) in [5.74, 6) is 0. The van der Waals surface area contributed by atoms with Gasteiger partial charge in [-0.05, 0) is 28.8 Å². The van der Waals surface area contributed by atoms with Gasteiger partial charge >= 0.3 is 12.4 Å². The summed E-state index contributed by atoms with van der Waals surface area (Å²) in [6.45, 7) is -0.635. The highest BCUT2D eigenvalue weighted by atomic mass is 19.4. The van der Waals surface area contributed by atoms with Crippen molar-refractivity contribution in [2.24, 2.45) is 0 Å². The second kappa shape index (κ2) is 5.64. The van der Waals surface area contributed by atoms with Gasteiger partial charge in [-0.25, -0.2) is 0 Å². The quantitative estimate of drug-likeness (QED) is 0.782. The van der Waals surface area contributed by atoms with E-state index in [1.807, 2.05) is 0 Å². The molecule has 22 heavy (non-hydrogen) atoms. The van der Waals surface area contributed by atoms with Crippen LogP contribution in [0.5, 0.6) is 0 Å². The molecule has 0 amide bonds. The van der Waals surface area contributed by atoms with Crippen LogP contribution in [0.25, 0.3) is 11.1 Å². The van der Waals surface area contributed by atoms with Gasteiger partial charge in [0.25, 0.3) is 0 Å². The molecule has 0 saturated heterocycles. The number of aliphatic hydroxyl groups is 1. The van der Waals surface area contributed by atoms with Crippen molar-refractivity contribution in [1.82, 2.24) is 0 Å². The Kier molecular flexibility index (Phi) is 4.19. The van der Waals surface area contributed by atoms with E-state index >= 15 is 0 Å². The molecule has 0 saturated carbocycles. The van der Waals surface area contributed by atoms with Gasteiger partial charge in [-0.15, -0.1) is 0 Å². The first kappa shape index (κ1) is 16.4. The lowest BCUT2D eigenvalue weighted by molar-refractivity contribution is -0.139. The first-order valence-corrected chi connectivity index (χ1v) is 6.12. The highest BCUT2D eigenvalue weighted by Gasteiger charge is 2.38. The maximum Gasteiger partial charge on any atom is 0.417 e. The standard InChI is InChI=1S/C15H10F6O/c16-14(17,18)12-4-2-1-3-10(12)11-6-5-9(8-22)7-13(11)15(19,20)21/h1-7,22H,8H2. The summed E-state index contributed by atoms with van der Waals surface area (Å²) in [4.78, 5) is 0. The van der Waals surface area contributed by atoms with Crippen LogP contribution in [0, 0.1) is 0 Å². The van der Waals surface area contributed by atoms with Crippen molar-refractivity contribution in [2.75, 3.05) is 0 Å². The summed E-state index contributed by atoms with van der Waals surface area (Å²) in [5.41, 5.74) is -3.50. The molecule has 0 atom stereocenters. The summed E-state index contributed by atoms with van der Waals surface area (Å²) in [6, 6.07) is 6.84. The Morgan fingerprint density at radius 1 is 0.727 bits per heavy atom. The SMILES string of the molecule is OCc1ccc(-c2ccccc2C(F)(F)F)c(C(F)(F)F)c1. The third-order valence-corrected chi connectivity index (χ3v) is 3.09. The molecule has 1 nitrogen and oxygen atoms in total. The Morgan fingerprint density at radius 3 is 1.82 bits per heavy atom. The van der Waals surface area contributed by atoms with Crippen molar-refractivity contribution in [2.45, 2.75) is 19.0 Å². The van der Waals surface area contributed by atoms with Crippen molar-refractivity contribution in [1.29, 1.82) is 0 Å². The minimum absolute atomic E-state index is 0.0273. The van der Waals surface area contributed by atoms with Crippen LogP contribution in [0.2, 0.25) is 0 Å². The van der Waals surface area contributed by atoms with Crippen molar-refractivity contribution in [3.8, 4) is 11.1 Å². The molecule has 2 aromatic rings. The first-order chi connectivity index (χ1) is 10.1. The topological polar surface area (TPSA) is 20.2 Å². The molecule has 0 fully saturated rings. The number of aliphatic hydroxyl groups excluding tert-OH is 1. The average molecular weight is 320 g/mol. The molecule has 1 N–H and O–H groups in total. The third kappa shape index (κ3) is 3.24. The van der Waals surface area contributed by atoms with Gasteiger partial charge in [0.15, 0.2) is 0 Å². The van der Waals surface area contributed by atoms with Crippen LogP contribution < -0.4 is 0 Å². The van der Waals surface area contributed by atoms with Gasteiger partial charge in [0.1, 0.15) is 0 Å². The highest BCUT2D eigenvalue weighted by Crippen LogP contribution is 2.42. The summed E-state index contributed by atoms with van der Waals surface area (Å²) in [6.07, 6.45) is -9.60. The predicted molar refractivity (Wildman–Crippen MR) is 67.8 cm³/mol. The van der Waals surface area contributed by atoms with E-state index in [0.29, 0.717) is 6.07 Å². The number of hydrogen-bond donors (Lipinski definition) is 1. The summed E-state index contributed by atoms with van der Waals surface area (Å²) in [5, 5.41) is 8.93. The number of hydrogen-bond acceptors (Lipinski definition) is 1. The van der Waals surface area contributed by atoms with Crippen LogP contribution in [0.15, 0.2) is 42.5 Å². The summed E-state index contributed by atoms with van der Waals surface area (Å²) in [7, 11) is 0. The zero-order valence-electron chi connectivity index (χ0n) is 11.0. The summed E-state index contributed by atoms with van der Waals surface area (Å²) < 4.78 is 78.3. The lowest BCUT2D eigenvalue weighted by Gasteiger charge is -2.18. The molecule has 0 unspecified atom stereocenters. The smallest absolute Gasteiger partial charge is 0.392 e. The molecule has 0 heterocycles. The zero-order chi connectivity index (χ0) is 16.5. The number of benzene rings is 2. The van der Waals surface area contributed by atoms with E-state index in [1.54, 1.807) is 0 Å². The van der Waals surface area contributed by atoms with E-state index in [1.165, 1.54) is 6.07 Å². The second-order valence-electron chi connectivity index (χ2n) is 4.58. The molecule has 0 aliphatic carbocycles. The minimum atomic E-state index is -4.83. The molecule has 0 spiro atoms. The maximum atomic E-state index is 13.1. The molecule has 0 bridgehead atoms. The monoisotopic (exact) mass is 320 g/mol. The predicted octanol–water partition coefficient (Wildman–Crippen LogP) is 4.88. The molecule has 118 valence electrons. The Morgan fingerprint density at radius 2 is 1.27 bits per heavy atom. The molecule has 2 rings (SSSR count). The minimum Gasteiger partial charge on any atom is -0.392 e. The normalized spacial score (nSPS) is 12.5. The molecule has 0 radical (unpaired) electrons. The largest absolute Gasteiger partial charge is 0.417 e. The van der Waals surface area contributed by atoms with Crippen molar-refractivity contribution >= 4 is 0 Å². The molecular weight excluding hydrogens is 310 g/mol. The molecular formula is C15H10F6O. The molecule has 0 aliphatic rings. The van der Waals surface area contributed by atoms with E-state index in [9.17, 15) is 26.3 Å². The Bertz CT molecular complexity index is 672. The fraction of sp³-hybridized carbons (Fsp3) is 0.200. The number of alkyl halides is 6. The lowest BCUT2D eigenvalue weighted by Crippen LogP contribution is -2.11. The third-order valence-electron chi connectivity index (χ3n) is 3.09. The molecule has 0 aromatic heterocycles. The summed E-state index contributed by atoms with van der Waals surface area (Å²) >= 11 is 0. The first-order valence-electron chi connectivity index (χ1n) is 6.12. The van der Waals surface area contributed by atoms with Gasteiger partial charge in [0.05, 0.1) is 17.7 Å². The Labute approximate surface area is 121 Å². The van der Waals surface area contributed by atoms with Crippen LogP contribution in [-0.2, 0) is 19.0 Å². The number of rotatable bonds is 2. The van der Waals surface area contributed by atoms with E-state index in [2.05, 4.69) is 0 Å². The van der Waals surface area contributed by atoms with Crippen LogP contribution in [0.3, 0.4) is 0 Å². The van der Waals surface area contributed by atoms with Crippen LogP contribution in [-0.4, -0.2) is 5.11 Å².